The van der Waals surface area contributed by atoms with Gasteiger partial charge in [-0.1, -0.05) is 46.0 Å². The first-order chi connectivity index (χ1) is 8.87. The van der Waals surface area contributed by atoms with Gasteiger partial charge in [0.2, 0.25) is 0 Å². The number of alkyl halides is 1. The van der Waals surface area contributed by atoms with Gasteiger partial charge in [0.25, 0.3) is 0 Å². The summed E-state index contributed by atoms with van der Waals surface area (Å²) in [4.78, 5) is 0. The summed E-state index contributed by atoms with van der Waals surface area (Å²) in [5.74, 6) is -0.0448. The Kier molecular flexibility index (Phi) is 6.69. The molecule has 0 N–H and O–H groups in total. The van der Waals surface area contributed by atoms with Crippen LogP contribution >= 0.6 is 46.4 Å². The van der Waals surface area contributed by atoms with Crippen LogP contribution in [-0.4, -0.2) is 25.2 Å². The molecule has 0 fully saturated rings. The number of rotatable bonds is 6. The monoisotopic (exact) mass is 363 g/mol. The smallest absolute Gasteiger partial charge is 0.267 e. The highest BCUT2D eigenvalue weighted by molar-refractivity contribution is 7.86. The Hall–Kier alpha value is -0.200. The lowest BCUT2D eigenvalue weighted by atomic mass is 10.2. The van der Waals surface area contributed by atoms with Crippen LogP contribution in [0, 0.1) is 0 Å². The Morgan fingerprint density at radius 3 is 2.37 bits per heavy atom. The summed E-state index contributed by atoms with van der Waals surface area (Å²) in [7, 11) is -3.82. The Morgan fingerprint density at radius 2 is 1.84 bits per heavy atom. The van der Waals surface area contributed by atoms with Crippen molar-refractivity contribution in [2.75, 3.05) is 11.6 Å². The summed E-state index contributed by atoms with van der Waals surface area (Å²) in [6.45, 7) is 0. The standard InChI is InChI=1S/C10H9Cl4NO3S/c11-5-2-6-19(16,17)18-15-10(14)9-7(12)3-1-4-8(9)13/h1,3-4H,2,5-6H2/b15-10+. The van der Waals surface area contributed by atoms with Crippen LogP contribution in [0.15, 0.2) is 23.4 Å². The third kappa shape index (κ3) is 5.36. The van der Waals surface area contributed by atoms with Gasteiger partial charge in [0.05, 0.1) is 21.4 Å². The van der Waals surface area contributed by atoms with Crippen LogP contribution in [0.2, 0.25) is 10.0 Å². The zero-order chi connectivity index (χ0) is 14.5. The lowest BCUT2D eigenvalue weighted by molar-refractivity contribution is 0.340. The van der Waals surface area contributed by atoms with Crippen molar-refractivity contribution in [1.29, 1.82) is 0 Å². The van der Waals surface area contributed by atoms with E-state index in [1.54, 1.807) is 18.2 Å². The molecular weight excluding hydrogens is 356 g/mol. The molecule has 0 bridgehead atoms. The first kappa shape index (κ1) is 16.9. The number of nitrogens with zero attached hydrogens (tertiary/aromatic N) is 1. The molecule has 0 radical (unpaired) electrons. The van der Waals surface area contributed by atoms with Crippen LogP contribution in [0.1, 0.15) is 12.0 Å². The van der Waals surface area contributed by atoms with E-state index in [0.29, 0.717) is 0 Å². The van der Waals surface area contributed by atoms with Crippen molar-refractivity contribution in [3.8, 4) is 0 Å². The van der Waals surface area contributed by atoms with Crippen LogP contribution in [0.5, 0.6) is 0 Å². The normalized spacial score (nSPS) is 12.5. The van der Waals surface area contributed by atoms with Gasteiger partial charge >= 0.3 is 10.1 Å². The third-order valence-electron chi connectivity index (χ3n) is 1.93. The van der Waals surface area contributed by atoms with Gasteiger partial charge in [0.15, 0.2) is 5.17 Å². The maximum Gasteiger partial charge on any atom is 0.328 e. The van der Waals surface area contributed by atoms with E-state index in [0.717, 1.165) is 0 Å². The van der Waals surface area contributed by atoms with Crippen molar-refractivity contribution in [2.45, 2.75) is 6.42 Å². The summed E-state index contributed by atoms with van der Waals surface area (Å²) in [6.07, 6.45) is 0.254. The van der Waals surface area contributed by atoms with Gasteiger partial charge < -0.3 is 0 Å². The summed E-state index contributed by atoms with van der Waals surface area (Å²) < 4.78 is 27.2. The number of hydrogen-bond acceptors (Lipinski definition) is 4. The highest BCUT2D eigenvalue weighted by atomic mass is 35.5. The molecule has 0 unspecified atom stereocenters. The minimum Gasteiger partial charge on any atom is -0.267 e. The molecule has 4 nitrogen and oxygen atoms in total. The Morgan fingerprint density at radius 1 is 1.26 bits per heavy atom. The fourth-order valence-electron chi connectivity index (χ4n) is 1.10. The summed E-state index contributed by atoms with van der Waals surface area (Å²) >= 11 is 23.0. The van der Waals surface area contributed by atoms with E-state index in [4.69, 9.17) is 46.4 Å². The molecule has 0 amide bonds. The van der Waals surface area contributed by atoms with E-state index in [1.807, 2.05) is 0 Å². The van der Waals surface area contributed by atoms with Crippen molar-refractivity contribution < 1.29 is 12.7 Å². The SMILES string of the molecule is O=S(=O)(CCCCl)O/N=C(/Cl)c1c(Cl)cccc1Cl. The Bertz CT molecular complexity index is 554. The molecule has 9 heteroatoms. The molecule has 0 saturated heterocycles. The molecule has 19 heavy (non-hydrogen) atoms. The Labute approximate surface area is 131 Å². The first-order valence-electron chi connectivity index (χ1n) is 5.02. The van der Waals surface area contributed by atoms with Gasteiger partial charge in [0, 0.05) is 5.88 Å². The highest BCUT2D eigenvalue weighted by Crippen LogP contribution is 2.26. The second kappa shape index (κ2) is 7.55. The van der Waals surface area contributed by atoms with Crippen molar-refractivity contribution >= 4 is 61.7 Å². The second-order valence-corrected chi connectivity index (χ2v) is 6.58. The van der Waals surface area contributed by atoms with Crippen LogP contribution in [0.25, 0.3) is 0 Å². The molecule has 106 valence electrons. The number of benzene rings is 1. The fourth-order valence-corrected chi connectivity index (χ4v) is 3.10. The summed E-state index contributed by atoms with van der Waals surface area (Å²) in [5, 5.41) is 3.56. The molecule has 0 atom stereocenters. The predicted molar refractivity (Wildman–Crippen MR) is 79.1 cm³/mol. The van der Waals surface area contributed by atoms with Gasteiger partial charge in [-0.3, -0.25) is 4.28 Å². The van der Waals surface area contributed by atoms with Gasteiger partial charge in [-0.05, 0) is 18.6 Å². The summed E-state index contributed by atoms with van der Waals surface area (Å²) in [6, 6.07) is 4.71. The van der Waals surface area contributed by atoms with Crippen LogP contribution in [-0.2, 0) is 14.4 Å². The molecular formula is C10H9Cl4NO3S. The maximum atomic E-state index is 11.4. The zero-order valence-corrected chi connectivity index (χ0v) is 13.3. The largest absolute Gasteiger partial charge is 0.328 e. The zero-order valence-electron chi connectivity index (χ0n) is 9.45. The highest BCUT2D eigenvalue weighted by Gasteiger charge is 2.15. The molecule has 0 saturated carbocycles. The van der Waals surface area contributed by atoms with Gasteiger partial charge in [-0.25, -0.2) is 0 Å². The minimum atomic E-state index is -3.82. The van der Waals surface area contributed by atoms with E-state index < -0.39 is 10.1 Å². The molecule has 1 aromatic carbocycles. The average molecular weight is 365 g/mol. The second-order valence-electron chi connectivity index (χ2n) is 3.36. The predicted octanol–water partition coefficient (Wildman–Crippen LogP) is 3.87. The van der Waals surface area contributed by atoms with E-state index >= 15 is 0 Å². The van der Waals surface area contributed by atoms with E-state index in [9.17, 15) is 8.42 Å². The fraction of sp³-hybridized carbons (Fsp3) is 0.300. The topological polar surface area (TPSA) is 55.7 Å². The third-order valence-corrected chi connectivity index (χ3v) is 4.17. The van der Waals surface area contributed by atoms with E-state index in [1.165, 1.54) is 0 Å². The maximum absolute atomic E-state index is 11.4. The number of hydrogen-bond donors (Lipinski definition) is 0. The van der Waals surface area contributed by atoms with E-state index in [2.05, 4.69) is 9.44 Å². The summed E-state index contributed by atoms with van der Waals surface area (Å²) in [5.41, 5.74) is 0.208. The van der Waals surface area contributed by atoms with Crippen molar-refractivity contribution in [3.05, 3.63) is 33.8 Å². The molecule has 1 rings (SSSR count). The van der Waals surface area contributed by atoms with Crippen LogP contribution in [0.4, 0.5) is 0 Å². The van der Waals surface area contributed by atoms with Crippen LogP contribution in [0.3, 0.4) is 0 Å². The average Bonchev–Trinajstić information content (AvgIpc) is 2.34. The molecule has 0 aliphatic carbocycles. The van der Waals surface area contributed by atoms with Crippen LogP contribution < -0.4 is 0 Å². The molecule has 0 heterocycles. The molecule has 0 spiro atoms. The molecule has 1 aromatic rings. The van der Waals surface area contributed by atoms with Gasteiger partial charge in [-0.2, -0.15) is 8.42 Å². The van der Waals surface area contributed by atoms with Gasteiger partial charge in [-0.15, -0.1) is 11.6 Å². The molecule has 0 aromatic heterocycles. The first-order valence-corrected chi connectivity index (χ1v) is 8.27. The van der Waals surface area contributed by atoms with Gasteiger partial charge in [0.1, 0.15) is 0 Å². The quantitative estimate of drug-likeness (QED) is 0.437. The molecule has 0 aliphatic heterocycles. The number of oxime groups is 1. The van der Waals surface area contributed by atoms with E-state index in [-0.39, 0.29) is 38.8 Å². The molecule has 0 aliphatic rings. The minimum absolute atomic E-state index is 0.205. The lowest BCUT2D eigenvalue weighted by Gasteiger charge is -2.04. The number of halogens is 4. The van der Waals surface area contributed by atoms with Crippen molar-refractivity contribution in [3.63, 3.8) is 0 Å². The Balaban J connectivity index is 2.89. The van der Waals surface area contributed by atoms with Crippen molar-refractivity contribution in [2.24, 2.45) is 5.16 Å². The van der Waals surface area contributed by atoms with Crippen molar-refractivity contribution in [1.82, 2.24) is 0 Å². The lowest BCUT2D eigenvalue weighted by Crippen LogP contribution is -2.09.